The molecule has 0 amide bonds. The first kappa shape index (κ1) is 16.9. The Morgan fingerprint density at radius 3 is 1.61 bits per heavy atom. The van der Waals surface area contributed by atoms with Crippen molar-refractivity contribution >= 4 is 11.8 Å². The standard InChI is InChI=1S/C20H22O3/c1-14(2)19(15(3)21)23-20(22)18(16-10-6-4-7-11-16)17-12-8-5-9-13-17/h4-14,18-19H,1-3H3/t19-/m1/s1. The lowest BCUT2D eigenvalue weighted by atomic mass is 9.91. The summed E-state index contributed by atoms with van der Waals surface area (Å²) >= 11 is 0. The Balaban J connectivity index is 2.34. The van der Waals surface area contributed by atoms with E-state index in [1.54, 1.807) is 0 Å². The second-order valence-electron chi connectivity index (χ2n) is 5.97. The highest BCUT2D eigenvalue weighted by atomic mass is 16.5. The van der Waals surface area contributed by atoms with Gasteiger partial charge in [-0.1, -0.05) is 74.5 Å². The second-order valence-corrected chi connectivity index (χ2v) is 5.97. The summed E-state index contributed by atoms with van der Waals surface area (Å²) in [7, 11) is 0. The average Bonchev–Trinajstić information content (AvgIpc) is 2.54. The van der Waals surface area contributed by atoms with Crippen LogP contribution in [0.15, 0.2) is 60.7 Å². The molecule has 0 radical (unpaired) electrons. The van der Waals surface area contributed by atoms with Crippen molar-refractivity contribution in [3.8, 4) is 0 Å². The molecule has 0 saturated carbocycles. The molecule has 2 aromatic rings. The number of carbonyl (C=O) groups excluding carboxylic acids is 2. The van der Waals surface area contributed by atoms with Gasteiger partial charge in [0.1, 0.15) is 5.92 Å². The molecule has 23 heavy (non-hydrogen) atoms. The Morgan fingerprint density at radius 1 is 0.826 bits per heavy atom. The Kier molecular flexibility index (Phi) is 5.69. The zero-order valence-corrected chi connectivity index (χ0v) is 13.7. The molecule has 120 valence electrons. The summed E-state index contributed by atoms with van der Waals surface area (Å²) in [6, 6.07) is 19.0. The first-order valence-corrected chi connectivity index (χ1v) is 7.81. The van der Waals surface area contributed by atoms with Crippen molar-refractivity contribution in [2.75, 3.05) is 0 Å². The molecule has 3 heteroatoms. The zero-order valence-electron chi connectivity index (χ0n) is 13.7. The van der Waals surface area contributed by atoms with E-state index in [-0.39, 0.29) is 11.7 Å². The summed E-state index contributed by atoms with van der Waals surface area (Å²) in [6.45, 7) is 5.21. The van der Waals surface area contributed by atoms with Crippen LogP contribution < -0.4 is 0 Å². The fourth-order valence-corrected chi connectivity index (χ4v) is 2.64. The molecule has 0 N–H and O–H groups in total. The second kappa shape index (κ2) is 7.73. The van der Waals surface area contributed by atoms with Crippen LogP contribution >= 0.6 is 0 Å². The molecular weight excluding hydrogens is 288 g/mol. The smallest absolute Gasteiger partial charge is 0.318 e. The van der Waals surface area contributed by atoms with E-state index < -0.39 is 18.0 Å². The third kappa shape index (κ3) is 4.28. The number of esters is 1. The normalized spacial score (nSPS) is 12.2. The number of Topliss-reactive ketones (excluding diaryl/α,β-unsaturated/α-hetero) is 1. The fourth-order valence-electron chi connectivity index (χ4n) is 2.64. The highest BCUT2D eigenvalue weighted by molar-refractivity contribution is 5.87. The predicted octanol–water partition coefficient (Wildman–Crippen LogP) is 3.98. The minimum atomic E-state index is -0.711. The van der Waals surface area contributed by atoms with E-state index in [9.17, 15) is 9.59 Å². The molecule has 0 saturated heterocycles. The van der Waals surface area contributed by atoms with Gasteiger partial charge in [0, 0.05) is 0 Å². The Hall–Kier alpha value is -2.42. The first-order valence-electron chi connectivity index (χ1n) is 7.81. The molecule has 0 spiro atoms. The third-order valence-electron chi connectivity index (χ3n) is 3.75. The van der Waals surface area contributed by atoms with Crippen molar-refractivity contribution in [1.29, 1.82) is 0 Å². The highest BCUT2D eigenvalue weighted by Gasteiger charge is 2.29. The lowest BCUT2D eigenvalue weighted by Crippen LogP contribution is -2.32. The van der Waals surface area contributed by atoms with E-state index in [1.807, 2.05) is 74.5 Å². The van der Waals surface area contributed by atoms with E-state index in [4.69, 9.17) is 4.74 Å². The van der Waals surface area contributed by atoms with Gasteiger partial charge in [0.05, 0.1) is 0 Å². The van der Waals surface area contributed by atoms with Crippen molar-refractivity contribution in [3.05, 3.63) is 71.8 Å². The van der Waals surface area contributed by atoms with Gasteiger partial charge in [-0.15, -0.1) is 0 Å². The summed E-state index contributed by atoms with van der Waals surface area (Å²) < 4.78 is 5.56. The summed E-state index contributed by atoms with van der Waals surface area (Å²) in [5.41, 5.74) is 1.71. The van der Waals surface area contributed by atoms with Gasteiger partial charge in [-0.2, -0.15) is 0 Å². The monoisotopic (exact) mass is 310 g/mol. The summed E-state index contributed by atoms with van der Waals surface area (Å²) in [5, 5.41) is 0. The predicted molar refractivity (Wildman–Crippen MR) is 90.1 cm³/mol. The van der Waals surface area contributed by atoms with Crippen LogP contribution in [-0.2, 0) is 14.3 Å². The molecule has 0 heterocycles. The molecule has 3 nitrogen and oxygen atoms in total. The maximum atomic E-state index is 12.8. The summed E-state index contributed by atoms with van der Waals surface area (Å²) in [4.78, 5) is 24.5. The van der Waals surface area contributed by atoms with Crippen molar-refractivity contribution < 1.29 is 14.3 Å². The minimum absolute atomic E-state index is 0.0522. The largest absolute Gasteiger partial charge is 0.453 e. The zero-order chi connectivity index (χ0) is 16.8. The Morgan fingerprint density at radius 2 is 1.26 bits per heavy atom. The molecule has 0 aliphatic carbocycles. The number of ether oxygens (including phenoxy) is 1. The molecule has 0 aliphatic heterocycles. The van der Waals surface area contributed by atoms with Crippen LogP contribution in [0.3, 0.4) is 0 Å². The fraction of sp³-hybridized carbons (Fsp3) is 0.300. The van der Waals surface area contributed by atoms with E-state index in [2.05, 4.69) is 0 Å². The molecule has 0 aromatic heterocycles. The molecule has 0 unspecified atom stereocenters. The van der Waals surface area contributed by atoms with Crippen molar-refractivity contribution in [1.82, 2.24) is 0 Å². The lowest BCUT2D eigenvalue weighted by molar-refractivity contribution is -0.157. The van der Waals surface area contributed by atoms with E-state index >= 15 is 0 Å². The van der Waals surface area contributed by atoms with Gasteiger partial charge in [0.2, 0.25) is 0 Å². The van der Waals surface area contributed by atoms with Crippen LogP contribution in [0.2, 0.25) is 0 Å². The number of carbonyl (C=O) groups is 2. The quantitative estimate of drug-likeness (QED) is 0.758. The molecule has 1 atom stereocenters. The first-order chi connectivity index (χ1) is 11.0. The van der Waals surface area contributed by atoms with Crippen LogP contribution in [0.5, 0.6) is 0 Å². The number of hydrogen-bond acceptors (Lipinski definition) is 3. The molecule has 0 aliphatic rings. The van der Waals surface area contributed by atoms with Gasteiger partial charge in [-0.05, 0) is 24.0 Å². The van der Waals surface area contributed by atoms with Gasteiger partial charge < -0.3 is 4.74 Å². The van der Waals surface area contributed by atoms with Crippen LogP contribution in [-0.4, -0.2) is 17.9 Å². The highest BCUT2D eigenvalue weighted by Crippen LogP contribution is 2.27. The summed E-state index contributed by atoms with van der Waals surface area (Å²) in [5.74, 6) is -1.11. The van der Waals surface area contributed by atoms with E-state index in [0.717, 1.165) is 11.1 Å². The van der Waals surface area contributed by atoms with Gasteiger partial charge in [0.15, 0.2) is 11.9 Å². The number of benzene rings is 2. The Labute approximate surface area is 137 Å². The molecule has 2 aromatic carbocycles. The van der Waals surface area contributed by atoms with Crippen LogP contribution in [0.1, 0.15) is 37.8 Å². The molecule has 0 fully saturated rings. The van der Waals surface area contributed by atoms with Gasteiger partial charge >= 0.3 is 5.97 Å². The maximum Gasteiger partial charge on any atom is 0.318 e. The van der Waals surface area contributed by atoms with Crippen LogP contribution in [0.4, 0.5) is 0 Å². The molecule has 0 bridgehead atoms. The van der Waals surface area contributed by atoms with E-state index in [1.165, 1.54) is 6.92 Å². The average molecular weight is 310 g/mol. The van der Waals surface area contributed by atoms with Gasteiger partial charge in [-0.3, -0.25) is 9.59 Å². The minimum Gasteiger partial charge on any atom is -0.453 e. The van der Waals surface area contributed by atoms with Gasteiger partial charge in [0.25, 0.3) is 0 Å². The van der Waals surface area contributed by atoms with Gasteiger partial charge in [-0.25, -0.2) is 0 Å². The summed E-state index contributed by atoms with van der Waals surface area (Å²) in [6.07, 6.45) is -0.711. The lowest BCUT2D eigenvalue weighted by Gasteiger charge is -2.23. The molecular formula is C20H22O3. The van der Waals surface area contributed by atoms with Crippen LogP contribution in [0, 0.1) is 5.92 Å². The van der Waals surface area contributed by atoms with Crippen LogP contribution in [0.25, 0.3) is 0 Å². The maximum absolute atomic E-state index is 12.8. The van der Waals surface area contributed by atoms with Crippen molar-refractivity contribution in [2.45, 2.75) is 32.8 Å². The number of ketones is 1. The molecule has 2 rings (SSSR count). The number of hydrogen-bond donors (Lipinski definition) is 0. The SMILES string of the molecule is CC(=O)[C@H](OC(=O)C(c1ccccc1)c1ccccc1)C(C)C. The van der Waals surface area contributed by atoms with E-state index in [0.29, 0.717) is 0 Å². The number of rotatable bonds is 6. The Bertz CT molecular complexity index is 608. The third-order valence-corrected chi connectivity index (χ3v) is 3.75. The van der Waals surface area contributed by atoms with Crippen molar-refractivity contribution in [3.63, 3.8) is 0 Å². The topological polar surface area (TPSA) is 43.4 Å². The van der Waals surface area contributed by atoms with Crippen molar-refractivity contribution in [2.24, 2.45) is 5.92 Å².